The molecule has 3 aromatic rings. The van der Waals surface area contributed by atoms with Crippen molar-refractivity contribution < 1.29 is 19.2 Å². The largest absolute Gasteiger partial charge is 0.354 e. The number of nitrogens with one attached hydrogen (secondary N) is 5. The number of H-pyrrole nitrogens is 1. The van der Waals surface area contributed by atoms with Crippen LogP contribution in [0, 0.1) is 12.8 Å². The molecule has 0 fully saturated rings. The Labute approximate surface area is 271 Å². The van der Waals surface area contributed by atoms with Crippen LogP contribution in [0.4, 0.5) is 0 Å². The fourth-order valence-corrected chi connectivity index (χ4v) is 5.47. The van der Waals surface area contributed by atoms with E-state index in [9.17, 15) is 19.2 Å². The van der Waals surface area contributed by atoms with Crippen molar-refractivity contribution in [2.75, 3.05) is 13.1 Å². The highest BCUT2D eigenvalue weighted by molar-refractivity contribution is 5.98. The van der Waals surface area contributed by atoms with E-state index >= 15 is 0 Å². The number of imidazole rings is 1. The van der Waals surface area contributed by atoms with E-state index in [4.69, 9.17) is 0 Å². The minimum absolute atomic E-state index is 0.0897. The Balaban J connectivity index is 1.60. The van der Waals surface area contributed by atoms with Crippen LogP contribution in [0.2, 0.25) is 0 Å². The number of aryl methyl sites for hydroxylation is 1. The van der Waals surface area contributed by atoms with Crippen LogP contribution in [0.15, 0.2) is 60.9 Å². The molecule has 0 spiro atoms. The Kier molecular flexibility index (Phi) is 12.5. The average molecular weight is 630 g/mol. The van der Waals surface area contributed by atoms with Crippen molar-refractivity contribution in [1.82, 2.24) is 36.1 Å². The van der Waals surface area contributed by atoms with Crippen molar-refractivity contribution in [3.05, 3.63) is 89.0 Å². The molecule has 5 rings (SSSR count). The maximum Gasteiger partial charge on any atom is 0.251 e. The van der Waals surface area contributed by atoms with Gasteiger partial charge < -0.3 is 26.3 Å². The molecular weight excluding hydrogens is 582 g/mol. The summed E-state index contributed by atoms with van der Waals surface area (Å²) < 4.78 is 0. The number of fused-ring (bicyclic) bond motifs is 18. The maximum atomic E-state index is 13.7. The number of amides is 4. The molecule has 0 saturated carbocycles. The molecule has 2 aliphatic rings. The van der Waals surface area contributed by atoms with Crippen LogP contribution in [0.3, 0.4) is 0 Å². The van der Waals surface area contributed by atoms with Crippen LogP contribution in [0.25, 0.3) is 0 Å². The van der Waals surface area contributed by atoms with Gasteiger partial charge in [-0.1, -0.05) is 56.3 Å². The van der Waals surface area contributed by atoms with E-state index in [0.717, 1.165) is 41.9 Å². The second-order valence-corrected chi connectivity index (χ2v) is 12.5. The standard InChI is InChI=1S/C35H47N7O4/c1-23(2)18-29-34(45)39-25(4)32(43)36-16-8-9-17-42(21-31-24(3)37-22-38-31)20-27-12-14-28(15-13-27)33(44)40-30(35(46)41-29)19-26-10-6-5-7-11-26/h5-7,10-15,22-23,25,29-30H,8-9,16-21H2,1-4H3,(H,36,43)(H,37,38)(H,39,45)(H,40,44)(H,41,46)/t25-,29+,30-/m1/s1. The van der Waals surface area contributed by atoms with Crippen LogP contribution < -0.4 is 21.3 Å². The topological polar surface area (TPSA) is 148 Å². The molecule has 0 unspecified atom stereocenters. The molecule has 11 nitrogen and oxygen atoms in total. The van der Waals surface area contributed by atoms with E-state index in [2.05, 4.69) is 36.1 Å². The lowest BCUT2D eigenvalue weighted by Gasteiger charge is -2.25. The molecule has 246 valence electrons. The monoisotopic (exact) mass is 629 g/mol. The molecular formula is C35H47N7O4. The van der Waals surface area contributed by atoms with Gasteiger partial charge in [-0.3, -0.25) is 24.1 Å². The van der Waals surface area contributed by atoms with E-state index in [1.54, 1.807) is 25.4 Å². The second-order valence-electron chi connectivity index (χ2n) is 12.5. The third-order valence-electron chi connectivity index (χ3n) is 8.13. The summed E-state index contributed by atoms with van der Waals surface area (Å²) in [5.74, 6) is -1.49. The predicted molar refractivity (Wildman–Crippen MR) is 177 cm³/mol. The highest BCUT2D eigenvalue weighted by atomic mass is 16.2. The van der Waals surface area contributed by atoms with Crippen molar-refractivity contribution in [1.29, 1.82) is 0 Å². The summed E-state index contributed by atoms with van der Waals surface area (Å²) in [5.41, 5.74) is 4.33. The molecule has 0 saturated heterocycles. The van der Waals surface area contributed by atoms with Gasteiger partial charge in [0.25, 0.3) is 5.91 Å². The summed E-state index contributed by atoms with van der Waals surface area (Å²) in [7, 11) is 0. The zero-order chi connectivity index (χ0) is 33.1. The van der Waals surface area contributed by atoms with E-state index in [1.165, 1.54) is 0 Å². The van der Waals surface area contributed by atoms with Gasteiger partial charge >= 0.3 is 0 Å². The van der Waals surface area contributed by atoms with E-state index < -0.39 is 29.9 Å². The summed E-state index contributed by atoms with van der Waals surface area (Å²) in [6.07, 6.45) is 3.91. The first kappa shape index (κ1) is 34.4. The number of aromatic amines is 1. The molecule has 4 amide bonds. The molecule has 1 aromatic heterocycles. The van der Waals surface area contributed by atoms with Crippen LogP contribution in [0.1, 0.15) is 72.9 Å². The van der Waals surface area contributed by atoms with Crippen LogP contribution >= 0.6 is 0 Å². The van der Waals surface area contributed by atoms with Crippen molar-refractivity contribution in [3.63, 3.8) is 0 Å². The first-order valence-corrected chi connectivity index (χ1v) is 16.1. The fraction of sp³-hybridized carbons (Fsp3) is 0.457. The normalized spacial score (nSPS) is 21.2. The molecule has 3 heterocycles. The van der Waals surface area contributed by atoms with Gasteiger partial charge in [0.15, 0.2) is 0 Å². The highest BCUT2D eigenvalue weighted by Gasteiger charge is 2.29. The molecule has 2 bridgehead atoms. The number of carbonyl (C=O) groups excluding carboxylic acids is 4. The molecule has 46 heavy (non-hydrogen) atoms. The summed E-state index contributed by atoms with van der Waals surface area (Å²) in [6.45, 7) is 10.1. The molecule has 2 aliphatic heterocycles. The Morgan fingerprint density at radius 3 is 2.26 bits per heavy atom. The van der Waals surface area contributed by atoms with Gasteiger partial charge in [-0.25, -0.2) is 4.98 Å². The number of nitrogens with zero attached hydrogens (tertiary/aromatic N) is 2. The zero-order valence-electron chi connectivity index (χ0n) is 27.3. The Hall–Kier alpha value is -4.51. The second kappa shape index (κ2) is 16.7. The average Bonchev–Trinajstić information content (AvgIpc) is 3.43. The highest BCUT2D eigenvalue weighted by Crippen LogP contribution is 2.14. The smallest absolute Gasteiger partial charge is 0.251 e. The maximum absolute atomic E-state index is 13.7. The lowest BCUT2D eigenvalue weighted by Crippen LogP contribution is -2.57. The van der Waals surface area contributed by atoms with Gasteiger partial charge in [0.2, 0.25) is 17.7 Å². The Morgan fingerprint density at radius 1 is 0.870 bits per heavy atom. The number of rotatable bonds is 6. The third kappa shape index (κ3) is 10.3. The first-order chi connectivity index (χ1) is 22.1. The molecule has 0 aliphatic carbocycles. The number of benzene rings is 2. The van der Waals surface area contributed by atoms with Crippen LogP contribution in [-0.4, -0.2) is 69.7 Å². The number of carbonyl (C=O) groups is 4. The van der Waals surface area contributed by atoms with Gasteiger partial charge in [-0.2, -0.15) is 0 Å². The summed E-state index contributed by atoms with van der Waals surface area (Å²) >= 11 is 0. The summed E-state index contributed by atoms with van der Waals surface area (Å²) in [6, 6.07) is 14.2. The van der Waals surface area contributed by atoms with E-state index in [-0.39, 0.29) is 24.2 Å². The van der Waals surface area contributed by atoms with Crippen molar-refractivity contribution in [2.24, 2.45) is 5.92 Å². The lowest BCUT2D eigenvalue weighted by atomic mass is 10.0. The molecule has 5 N–H and O–H groups in total. The van der Waals surface area contributed by atoms with Crippen molar-refractivity contribution in [3.8, 4) is 0 Å². The van der Waals surface area contributed by atoms with E-state index in [0.29, 0.717) is 31.6 Å². The summed E-state index contributed by atoms with van der Waals surface area (Å²) in [4.78, 5) is 63.3. The van der Waals surface area contributed by atoms with Gasteiger partial charge in [0.05, 0.1) is 12.0 Å². The molecule has 11 heteroatoms. The zero-order valence-corrected chi connectivity index (χ0v) is 27.3. The number of aromatic nitrogens is 2. The molecule has 2 aromatic carbocycles. The lowest BCUT2D eigenvalue weighted by molar-refractivity contribution is -0.132. The quantitative estimate of drug-likeness (QED) is 0.265. The summed E-state index contributed by atoms with van der Waals surface area (Å²) in [5, 5.41) is 11.5. The third-order valence-corrected chi connectivity index (χ3v) is 8.13. The first-order valence-electron chi connectivity index (χ1n) is 16.1. The minimum atomic E-state index is -0.931. The SMILES string of the molecule is Cc1[nH]cnc1CN1CCCCNC(=O)[C@@H](C)NC(=O)[C@H](CC(C)C)NC(=O)[C@@H](Cc2ccccc2)NC(=O)c2ccc(cc2)C1. The molecule has 3 atom stereocenters. The van der Waals surface area contributed by atoms with Gasteiger partial charge in [0, 0.05) is 37.3 Å². The fourth-order valence-electron chi connectivity index (χ4n) is 5.47. The van der Waals surface area contributed by atoms with Crippen molar-refractivity contribution >= 4 is 23.6 Å². The predicted octanol–water partition coefficient (Wildman–Crippen LogP) is 3.01. The van der Waals surface area contributed by atoms with Gasteiger partial charge in [-0.05, 0) is 68.8 Å². The Bertz CT molecular complexity index is 1460. The van der Waals surface area contributed by atoms with Crippen molar-refractivity contribution in [2.45, 2.75) is 84.6 Å². The van der Waals surface area contributed by atoms with Crippen LogP contribution in [-0.2, 0) is 33.9 Å². The Morgan fingerprint density at radius 2 is 1.59 bits per heavy atom. The van der Waals surface area contributed by atoms with Crippen LogP contribution in [0.5, 0.6) is 0 Å². The number of hydrogen-bond donors (Lipinski definition) is 5. The van der Waals surface area contributed by atoms with E-state index in [1.807, 2.05) is 63.2 Å². The molecule has 0 radical (unpaired) electrons. The number of hydrogen-bond acceptors (Lipinski definition) is 6. The van der Waals surface area contributed by atoms with Gasteiger partial charge in [-0.15, -0.1) is 0 Å². The van der Waals surface area contributed by atoms with Gasteiger partial charge in [0.1, 0.15) is 18.1 Å². The minimum Gasteiger partial charge on any atom is -0.354 e.